The van der Waals surface area contributed by atoms with Gasteiger partial charge in [-0.15, -0.1) is 10.2 Å². The van der Waals surface area contributed by atoms with Crippen LogP contribution in [0.2, 0.25) is 0 Å². The van der Waals surface area contributed by atoms with E-state index in [1.807, 2.05) is 77.5 Å². The van der Waals surface area contributed by atoms with Gasteiger partial charge in [-0.25, -0.2) is 0 Å². The minimum absolute atomic E-state index is 0.0210. The quantitative estimate of drug-likeness (QED) is 0.460. The van der Waals surface area contributed by atoms with Gasteiger partial charge >= 0.3 is 0 Å². The molecule has 0 radical (unpaired) electrons. The molecule has 0 bridgehead atoms. The van der Waals surface area contributed by atoms with Crippen LogP contribution in [0.4, 0.5) is 5.82 Å². The molecule has 0 spiro atoms. The van der Waals surface area contributed by atoms with Crippen LogP contribution in [0, 0.1) is 0 Å². The van der Waals surface area contributed by atoms with Crippen molar-refractivity contribution < 1.29 is 9.90 Å². The highest BCUT2D eigenvalue weighted by molar-refractivity contribution is 5.90. The molecule has 3 heterocycles. The number of carbonyl (C=O) groups excluding carboxylic acids is 1. The second-order valence-corrected chi connectivity index (χ2v) is 8.40. The van der Waals surface area contributed by atoms with Crippen LogP contribution in [0.1, 0.15) is 24.0 Å². The molecular formula is C26H27N5O2. The maximum atomic E-state index is 12.7. The fourth-order valence-electron chi connectivity index (χ4n) is 4.54. The van der Waals surface area contributed by atoms with Crippen molar-refractivity contribution in [1.29, 1.82) is 0 Å². The van der Waals surface area contributed by atoms with Crippen molar-refractivity contribution in [2.75, 3.05) is 18.1 Å². The van der Waals surface area contributed by atoms with Crippen LogP contribution in [-0.4, -0.2) is 45.0 Å². The van der Waals surface area contributed by atoms with Crippen molar-refractivity contribution in [2.45, 2.75) is 31.8 Å². The molecule has 0 saturated carbocycles. The number of rotatable bonds is 7. The first-order valence-corrected chi connectivity index (χ1v) is 11.3. The van der Waals surface area contributed by atoms with Gasteiger partial charge in [-0.2, -0.15) is 0 Å². The Kier molecular flexibility index (Phi) is 6.04. The van der Waals surface area contributed by atoms with Crippen LogP contribution in [0.15, 0.2) is 72.9 Å². The molecule has 4 aromatic rings. The van der Waals surface area contributed by atoms with Gasteiger partial charge in [-0.3, -0.25) is 9.36 Å². The lowest BCUT2D eigenvalue weighted by molar-refractivity contribution is -0.120. The number of anilines is 1. The Bertz CT molecular complexity index is 1240. The fraction of sp³-hybridized carbons (Fsp3) is 0.269. The standard InChI is InChI=1S/C26H27N5O2/c32-18-21-9-6-14-30(21)24-12-13-25(29-28-24)31-17-20(22-10-4-5-11-23(22)31)15-26(33)27-16-19-7-2-1-3-8-19/h1-5,7-8,10-13,17,21,32H,6,9,14-16,18H2,(H,27,33). The summed E-state index contributed by atoms with van der Waals surface area (Å²) in [6.45, 7) is 1.52. The van der Waals surface area contributed by atoms with E-state index in [-0.39, 0.29) is 25.0 Å². The minimum Gasteiger partial charge on any atom is -0.394 e. The zero-order chi connectivity index (χ0) is 22.6. The van der Waals surface area contributed by atoms with Gasteiger partial charge in [0.2, 0.25) is 5.91 Å². The van der Waals surface area contributed by atoms with E-state index in [1.165, 1.54) is 0 Å². The molecule has 7 heteroatoms. The van der Waals surface area contributed by atoms with Gasteiger partial charge in [0, 0.05) is 24.7 Å². The number of aliphatic hydroxyl groups is 1. The predicted octanol–water partition coefficient (Wildman–Crippen LogP) is 3.24. The lowest BCUT2D eigenvalue weighted by Gasteiger charge is -2.23. The summed E-state index contributed by atoms with van der Waals surface area (Å²) in [5.74, 6) is 1.46. The Morgan fingerprint density at radius 1 is 1.00 bits per heavy atom. The highest BCUT2D eigenvalue weighted by atomic mass is 16.3. The van der Waals surface area contributed by atoms with E-state index >= 15 is 0 Å². The number of para-hydroxylation sites is 1. The Balaban J connectivity index is 1.37. The highest BCUT2D eigenvalue weighted by Crippen LogP contribution is 2.27. The topological polar surface area (TPSA) is 83.3 Å². The third-order valence-electron chi connectivity index (χ3n) is 6.24. The lowest BCUT2D eigenvalue weighted by Crippen LogP contribution is -2.32. The van der Waals surface area contributed by atoms with E-state index in [9.17, 15) is 9.90 Å². The summed E-state index contributed by atoms with van der Waals surface area (Å²) in [6, 6.07) is 21.9. The number of fused-ring (bicyclic) bond motifs is 1. The average Bonchev–Trinajstić information content (AvgIpc) is 3.49. The Labute approximate surface area is 192 Å². The van der Waals surface area contributed by atoms with E-state index in [0.29, 0.717) is 12.4 Å². The molecule has 2 aromatic carbocycles. The lowest BCUT2D eigenvalue weighted by atomic mass is 10.1. The van der Waals surface area contributed by atoms with Crippen molar-refractivity contribution in [3.63, 3.8) is 0 Å². The first-order chi connectivity index (χ1) is 16.2. The number of aliphatic hydroxyl groups excluding tert-OH is 1. The third kappa shape index (κ3) is 4.45. The van der Waals surface area contributed by atoms with Crippen molar-refractivity contribution in [3.8, 4) is 5.82 Å². The zero-order valence-corrected chi connectivity index (χ0v) is 18.4. The summed E-state index contributed by atoms with van der Waals surface area (Å²) in [6.07, 6.45) is 4.28. The molecular weight excluding hydrogens is 414 g/mol. The molecule has 33 heavy (non-hydrogen) atoms. The van der Waals surface area contributed by atoms with Gasteiger partial charge in [0.1, 0.15) is 0 Å². The van der Waals surface area contributed by atoms with Gasteiger partial charge in [-0.1, -0.05) is 48.5 Å². The fourth-order valence-corrected chi connectivity index (χ4v) is 4.54. The molecule has 2 aromatic heterocycles. The van der Waals surface area contributed by atoms with E-state index in [4.69, 9.17) is 0 Å². The Morgan fingerprint density at radius 2 is 1.76 bits per heavy atom. The third-order valence-corrected chi connectivity index (χ3v) is 6.24. The summed E-state index contributed by atoms with van der Waals surface area (Å²) in [5, 5.41) is 22.5. The number of nitrogens with zero attached hydrogens (tertiary/aromatic N) is 4. The number of aromatic nitrogens is 3. The second kappa shape index (κ2) is 9.42. The van der Waals surface area contributed by atoms with Crippen molar-refractivity contribution in [1.82, 2.24) is 20.1 Å². The molecule has 1 fully saturated rings. The summed E-state index contributed by atoms with van der Waals surface area (Å²) in [5.41, 5.74) is 3.01. The molecule has 1 atom stereocenters. The van der Waals surface area contributed by atoms with Crippen molar-refractivity contribution >= 4 is 22.6 Å². The zero-order valence-electron chi connectivity index (χ0n) is 18.4. The van der Waals surface area contributed by atoms with Crippen molar-refractivity contribution in [2.24, 2.45) is 0 Å². The number of carbonyl (C=O) groups is 1. The number of hydrogen-bond donors (Lipinski definition) is 2. The Hall–Kier alpha value is -3.71. The smallest absolute Gasteiger partial charge is 0.224 e. The highest BCUT2D eigenvalue weighted by Gasteiger charge is 2.25. The maximum Gasteiger partial charge on any atom is 0.224 e. The largest absolute Gasteiger partial charge is 0.394 e. The SMILES string of the molecule is O=C(Cc1cn(-c2ccc(N3CCCC3CO)nn2)c2ccccc12)NCc1ccccc1. The van der Waals surface area contributed by atoms with Gasteiger partial charge < -0.3 is 15.3 Å². The van der Waals surface area contributed by atoms with E-state index < -0.39 is 0 Å². The minimum atomic E-state index is -0.0210. The molecule has 1 aliphatic rings. The predicted molar refractivity (Wildman–Crippen MR) is 128 cm³/mol. The first kappa shape index (κ1) is 21.2. The van der Waals surface area contributed by atoms with Gasteiger partial charge in [0.05, 0.1) is 24.6 Å². The number of nitrogens with one attached hydrogen (secondary N) is 1. The number of benzene rings is 2. The maximum absolute atomic E-state index is 12.7. The summed E-state index contributed by atoms with van der Waals surface area (Å²) >= 11 is 0. The molecule has 5 rings (SSSR count). The molecule has 1 amide bonds. The van der Waals surface area contributed by atoms with E-state index in [0.717, 1.165) is 47.2 Å². The number of amides is 1. The molecule has 0 aliphatic carbocycles. The molecule has 1 unspecified atom stereocenters. The van der Waals surface area contributed by atoms with E-state index in [2.05, 4.69) is 20.4 Å². The average molecular weight is 442 g/mol. The first-order valence-electron chi connectivity index (χ1n) is 11.3. The molecule has 1 saturated heterocycles. The number of hydrogen-bond acceptors (Lipinski definition) is 5. The summed E-state index contributed by atoms with van der Waals surface area (Å²) in [4.78, 5) is 14.8. The van der Waals surface area contributed by atoms with E-state index in [1.54, 1.807) is 0 Å². The monoisotopic (exact) mass is 441 g/mol. The van der Waals surface area contributed by atoms with Gasteiger partial charge in [0.25, 0.3) is 0 Å². The molecule has 2 N–H and O–H groups in total. The Morgan fingerprint density at radius 3 is 2.55 bits per heavy atom. The van der Waals surface area contributed by atoms with Crippen LogP contribution in [0.3, 0.4) is 0 Å². The van der Waals surface area contributed by atoms with Crippen LogP contribution < -0.4 is 10.2 Å². The van der Waals surface area contributed by atoms with Gasteiger partial charge in [0.15, 0.2) is 11.6 Å². The van der Waals surface area contributed by atoms with Crippen molar-refractivity contribution in [3.05, 3.63) is 84.1 Å². The van der Waals surface area contributed by atoms with Crippen LogP contribution in [-0.2, 0) is 17.8 Å². The second-order valence-electron chi connectivity index (χ2n) is 8.40. The van der Waals surface area contributed by atoms with Crippen LogP contribution in [0.25, 0.3) is 16.7 Å². The normalized spacial score (nSPS) is 15.8. The molecule has 1 aliphatic heterocycles. The molecule has 7 nitrogen and oxygen atoms in total. The summed E-state index contributed by atoms with van der Waals surface area (Å²) in [7, 11) is 0. The van der Waals surface area contributed by atoms with Crippen LogP contribution >= 0.6 is 0 Å². The summed E-state index contributed by atoms with van der Waals surface area (Å²) < 4.78 is 1.99. The van der Waals surface area contributed by atoms with Gasteiger partial charge in [-0.05, 0) is 42.2 Å². The molecule has 168 valence electrons. The van der Waals surface area contributed by atoms with Crippen LogP contribution in [0.5, 0.6) is 0 Å².